The summed E-state index contributed by atoms with van der Waals surface area (Å²) in [6.07, 6.45) is 0.879. The summed E-state index contributed by atoms with van der Waals surface area (Å²) in [4.78, 5) is 18.2. The zero-order valence-electron chi connectivity index (χ0n) is 19.5. The second kappa shape index (κ2) is 12.1. The molecule has 0 fully saturated rings. The molecule has 3 N–H and O–H groups in total. The Hall–Kier alpha value is -3.27. The maximum absolute atomic E-state index is 13.4. The number of hydrazine groups is 1. The molecule has 0 aliphatic carbocycles. The summed E-state index contributed by atoms with van der Waals surface area (Å²) in [5, 5.41) is 8.90. The Bertz CT molecular complexity index is 1200. The molecule has 0 aromatic heterocycles. The van der Waals surface area contributed by atoms with Crippen LogP contribution in [-0.4, -0.2) is 42.3 Å². The van der Waals surface area contributed by atoms with Crippen molar-refractivity contribution in [3.8, 4) is 5.75 Å². The van der Waals surface area contributed by atoms with Crippen LogP contribution in [0.3, 0.4) is 0 Å². The Kier molecular flexibility index (Phi) is 8.69. The van der Waals surface area contributed by atoms with Gasteiger partial charge in [0.2, 0.25) is 5.90 Å². The van der Waals surface area contributed by atoms with Crippen LogP contribution < -0.4 is 15.6 Å². The molecule has 0 saturated carbocycles. The van der Waals surface area contributed by atoms with Crippen LogP contribution in [0.25, 0.3) is 0 Å². The third-order valence-corrected chi connectivity index (χ3v) is 6.48. The van der Waals surface area contributed by atoms with Crippen molar-refractivity contribution in [2.45, 2.75) is 24.9 Å². The van der Waals surface area contributed by atoms with Crippen molar-refractivity contribution in [3.05, 3.63) is 99.8 Å². The molecule has 7 nitrogen and oxygen atoms in total. The standard InChI is InChI=1S/C27H27BrFN3O4/c28-24-5-2-1-4-21(24)16-27(26(34)32-30-17-19-6-10-22(29)11-7-19)18-36-25(31-27)20-8-12-23(13-9-20)35-15-3-14-33/h1-2,4-13,30,33H,3,14-18H2,(H,32,34)/t27-/m0/s1. The molecule has 1 aliphatic heterocycles. The summed E-state index contributed by atoms with van der Waals surface area (Å²) >= 11 is 3.56. The van der Waals surface area contributed by atoms with Crippen LogP contribution in [0.2, 0.25) is 0 Å². The number of halogens is 2. The average Bonchev–Trinajstić information content (AvgIpc) is 3.32. The van der Waals surface area contributed by atoms with Crippen molar-refractivity contribution in [1.82, 2.24) is 10.9 Å². The fraction of sp³-hybridized carbons (Fsp3) is 0.259. The summed E-state index contributed by atoms with van der Waals surface area (Å²) < 4.78 is 25.6. The molecule has 36 heavy (non-hydrogen) atoms. The lowest BCUT2D eigenvalue weighted by molar-refractivity contribution is -0.127. The predicted octanol–water partition coefficient (Wildman–Crippen LogP) is 3.93. The van der Waals surface area contributed by atoms with E-state index < -0.39 is 5.54 Å². The Morgan fingerprint density at radius 3 is 2.58 bits per heavy atom. The zero-order valence-corrected chi connectivity index (χ0v) is 21.1. The van der Waals surface area contributed by atoms with Crippen LogP contribution in [0.15, 0.2) is 82.3 Å². The molecule has 0 saturated heterocycles. The normalized spacial score (nSPS) is 16.8. The van der Waals surface area contributed by atoms with Gasteiger partial charge < -0.3 is 14.6 Å². The van der Waals surface area contributed by atoms with Crippen LogP contribution in [0.5, 0.6) is 5.75 Å². The molecule has 3 aromatic rings. The van der Waals surface area contributed by atoms with Crippen molar-refractivity contribution in [2.75, 3.05) is 19.8 Å². The monoisotopic (exact) mass is 555 g/mol. The van der Waals surface area contributed by atoms with Crippen LogP contribution in [0.1, 0.15) is 23.1 Å². The average molecular weight is 556 g/mol. The molecule has 1 aliphatic rings. The first-order valence-corrected chi connectivity index (χ1v) is 12.4. The molecule has 188 valence electrons. The summed E-state index contributed by atoms with van der Waals surface area (Å²) in [7, 11) is 0. The molecular weight excluding hydrogens is 529 g/mol. The first kappa shape index (κ1) is 25.8. The smallest absolute Gasteiger partial charge is 0.266 e. The van der Waals surface area contributed by atoms with Gasteiger partial charge in [0.25, 0.3) is 5.91 Å². The van der Waals surface area contributed by atoms with E-state index in [9.17, 15) is 9.18 Å². The van der Waals surface area contributed by atoms with Gasteiger partial charge in [0, 0.05) is 36.0 Å². The molecule has 1 amide bonds. The Morgan fingerprint density at radius 2 is 1.86 bits per heavy atom. The molecule has 1 heterocycles. The number of carbonyl (C=O) groups is 1. The lowest BCUT2D eigenvalue weighted by Crippen LogP contribution is -2.52. The van der Waals surface area contributed by atoms with Crippen LogP contribution >= 0.6 is 15.9 Å². The van der Waals surface area contributed by atoms with Gasteiger partial charge >= 0.3 is 0 Å². The minimum atomic E-state index is -1.19. The Morgan fingerprint density at radius 1 is 1.11 bits per heavy atom. The van der Waals surface area contributed by atoms with Gasteiger partial charge in [-0.05, 0) is 53.6 Å². The van der Waals surface area contributed by atoms with Gasteiger partial charge in [-0.25, -0.2) is 14.8 Å². The molecule has 9 heteroatoms. The van der Waals surface area contributed by atoms with Gasteiger partial charge in [0.15, 0.2) is 5.54 Å². The lowest BCUT2D eigenvalue weighted by atomic mass is 9.91. The van der Waals surface area contributed by atoms with E-state index in [1.807, 2.05) is 36.4 Å². The highest BCUT2D eigenvalue weighted by molar-refractivity contribution is 9.10. The zero-order chi connectivity index (χ0) is 25.4. The van der Waals surface area contributed by atoms with Gasteiger partial charge in [-0.3, -0.25) is 10.2 Å². The fourth-order valence-electron chi connectivity index (χ4n) is 3.73. The SMILES string of the molecule is O=C(NNCc1ccc(F)cc1)[C@]1(Cc2ccccc2Br)COC(c2ccc(OCCCO)cc2)=N1. The minimum Gasteiger partial charge on any atom is -0.494 e. The van der Waals surface area contributed by atoms with E-state index >= 15 is 0 Å². The number of amides is 1. The summed E-state index contributed by atoms with van der Waals surface area (Å²) in [6, 6.07) is 21.0. The topological polar surface area (TPSA) is 92.2 Å². The van der Waals surface area contributed by atoms with Gasteiger partial charge in [-0.1, -0.05) is 46.3 Å². The largest absolute Gasteiger partial charge is 0.494 e. The molecule has 0 radical (unpaired) electrons. The summed E-state index contributed by atoms with van der Waals surface area (Å²) in [6.45, 7) is 0.894. The highest BCUT2D eigenvalue weighted by atomic mass is 79.9. The van der Waals surface area contributed by atoms with Gasteiger partial charge in [-0.15, -0.1) is 0 Å². The number of rotatable bonds is 11. The van der Waals surface area contributed by atoms with Crippen LogP contribution in [0.4, 0.5) is 4.39 Å². The van der Waals surface area contributed by atoms with E-state index in [0.717, 1.165) is 21.2 Å². The van der Waals surface area contributed by atoms with Crippen LogP contribution in [0, 0.1) is 5.82 Å². The van der Waals surface area contributed by atoms with Crippen molar-refractivity contribution < 1.29 is 23.8 Å². The van der Waals surface area contributed by atoms with Crippen molar-refractivity contribution in [2.24, 2.45) is 4.99 Å². The fourth-order valence-corrected chi connectivity index (χ4v) is 4.16. The number of benzene rings is 3. The van der Waals surface area contributed by atoms with Crippen molar-refractivity contribution >= 4 is 27.7 Å². The number of hydrogen-bond donors (Lipinski definition) is 3. The molecule has 0 unspecified atom stereocenters. The van der Waals surface area contributed by atoms with E-state index in [1.165, 1.54) is 12.1 Å². The minimum absolute atomic E-state index is 0.0719. The maximum Gasteiger partial charge on any atom is 0.266 e. The highest BCUT2D eigenvalue weighted by Gasteiger charge is 2.45. The highest BCUT2D eigenvalue weighted by Crippen LogP contribution is 2.30. The molecule has 3 aromatic carbocycles. The van der Waals surface area contributed by atoms with E-state index in [-0.39, 0.29) is 24.9 Å². The second-order valence-corrected chi connectivity index (χ2v) is 9.24. The van der Waals surface area contributed by atoms with E-state index in [4.69, 9.17) is 19.6 Å². The quantitative estimate of drug-likeness (QED) is 0.246. The number of aliphatic hydroxyl groups excluding tert-OH is 1. The number of aliphatic imine (C=N–C) groups is 1. The number of carbonyl (C=O) groups excluding carboxylic acids is 1. The van der Waals surface area contributed by atoms with Gasteiger partial charge in [-0.2, -0.15) is 0 Å². The third kappa shape index (κ3) is 6.48. The molecular formula is C27H27BrFN3O4. The Labute approximate surface area is 217 Å². The number of nitrogens with one attached hydrogen (secondary N) is 2. The van der Waals surface area contributed by atoms with E-state index in [1.54, 1.807) is 24.3 Å². The molecule has 1 atom stereocenters. The number of nitrogens with zero attached hydrogens (tertiary/aromatic N) is 1. The lowest BCUT2D eigenvalue weighted by Gasteiger charge is -2.24. The predicted molar refractivity (Wildman–Crippen MR) is 138 cm³/mol. The van der Waals surface area contributed by atoms with E-state index in [0.29, 0.717) is 37.6 Å². The molecule has 0 bridgehead atoms. The Balaban J connectivity index is 1.51. The van der Waals surface area contributed by atoms with Gasteiger partial charge in [0.05, 0.1) is 6.61 Å². The third-order valence-electron chi connectivity index (χ3n) is 5.71. The molecule has 0 spiro atoms. The number of aliphatic hydroxyl groups is 1. The summed E-state index contributed by atoms with van der Waals surface area (Å²) in [5.74, 6) is 0.398. The summed E-state index contributed by atoms with van der Waals surface area (Å²) in [5.41, 5.74) is 6.95. The first-order valence-electron chi connectivity index (χ1n) is 11.6. The van der Waals surface area contributed by atoms with Crippen LogP contribution in [-0.2, 0) is 22.5 Å². The second-order valence-electron chi connectivity index (χ2n) is 8.39. The molecule has 4 rings (SSSR count). The van der Waals surface area contributed by atoms with Gasteiger partial charge in [0.1, 0.15) is 18.2 Å². The van der Waals surface area contributed by atoms with Crippen molar-refractivity contribution in [1.29, 1.82) is 0 Å². The first-order chi connectivity index (χ1) is 17.5. The van der Waals surface area contributed by atoms with E-state index in [2.05, 4.69) is 26.8 Å². The van der Waals surface area contributed by atoms with Crippen molar-refractivity contribution in [3.63, 3.8) is 0 Å². The maximum atomic E-state index is 13.4. The number of ether oxygens (including phenoxy) is 2. The number of hydrogen-bond acceptors (Lipinski definition) is 6.